The minimum absolute atomic E-state index is 0.00604. The Kier molecular flexibility index (Phi) is 8.54. The average Bonchev–Trinajstić information content (AvgIpc) is 2.79. The molecule has 2 aromatic rings. The summed E-state index contributed by atoms with van der Waals surface area (Å²) in [5.74, 6) is 0.144. The number of piperazine rings is 1. The molecule has 1 atom stereocenters. The molecule has 0 aliphatic carbocycles. The molecule has 1 aliphatic heterocycles. The minimum atomic E-state index is -4.48. The summed E-state index contributed by atoms with van der Waals surface area (Å²) in [6, 6.07) is 0. The zero-order valence-corrected chi connectivity index (χ0v) is 19.2. The second-order valence-corrected chi connectivity index (χ2v) is 9.13. The number of nitrogens with zero attached hydrogens (tertiary/aromatic N) is 5. The number of aromatic nitrogens is 4. The summed E-state index contributed by atoms with van der Waals surface area (Å²) in [6.07, 6.45) is -1.27. The Hall–Kier alpha value is -2.38. The summed E-state index contributed by atoms with van der Waals surface area (Å²) >= 11 is 7.31. The molecule has 0 saturated carbocycles. The molecule has 1 saturated heterocycles. The van der Waals surface area contributed by atoms with E-state index in [9.17, 15) is 22.8 Å². The number of rotatable bonds is 8. The van der Waals surface area contributed by atoms with Crippen LogP contribution in [0.3, 0.4) is 0 Å². The van der Waals surface area contributed by atoms with Crippen LogP contribution in [0.1, 0.15) is 18.9 Å². The van der Waals surface area contributed by atoms with Crippen molar-refractivity contribution in [2.75, 3.05) is 44.3 Å². The molecule has 1 amide bonds. The van der Waals surface area contributed by atoms with E-state index in [4.69, 9.17) is 16.3 Å². The van der Waals surface area contributed by atoms with E-state index in [1.54, 1.807) is 9.80 Å². The zero-order chi connectivity index (χ0) is 24.0. The van der Waals surface area contributed by atoms with E-state index in [0.717, 1.165) is 12.4 Å². The summed E-state index contributed by atoms with van der Waals surface area (Å²) in [5, 5.41) is 6.05. The van der Waals surface area contributed by atoms with Crippen molar-refractivity contribution in [3.05, 3.63) is 39.5 Å². The third kappa shape index (κ3) is 7.05. The van der Waals surface area contributed by atoms with Crippen LogP contribution in [0, 0.1) is 0 Å². The van der Waals surface area contributed by atoms with Gasteiger partial charge in [0, 0.05) is 43.8 Å². The Morgan fingerprint density at radius 1 is 1.24 bits per heavy atom. The van der Waals surface area contributed by atoms with Crippen LogP contribution in [0.5, 0.6) is 0 Å². The van der Waals surface area contributed by atoms with Crippen LogP contribution in [0.15, 0.2) is 28.3 Å². The van der Waals surface area contributed by atoms with Gasteiger partial charge in [-0.2, -0.15) is 18.3 Å². The first-order valence-electron chi connectivity index (χ1n) is 10.0. The van der Waals surface area contributed by atoms with Gasteiger partial charge in [-0.05, 0) is 0 Å². The topological polar surface area (TPSA) is 104 Å². The Labute approximate surface area is 196 Å². The molecule has 3 heterocycles. The van der Waals surface area contributed by atoms with Crippen LogP contribution in [0.4, 0.5) is 19.1 Å². The SMILES string of the molecule is C[C@@H](COCCC(=O)N1CCN(c2ncc(C(F)(F)F)cn2)CC1)Sc1cn[nH]c(=O)c1Cl. The van der Waals surface area contributed by atoms with Crippen molar-refractivity contribution in [3.63, 3.8) is 0 Å². The predicted molar refractivity (Wildman–Crippen MR) is 116 cm³/mol. The van der Waals surface area contributed by atoms with Crippen molar-refractivity contribution in [1.82, 2.24) is 25.1 Å². The number of anilines is 1. The van der Waals surface area contributed by atoms with E-state index in [1.165, 1.54) is 18.0 Å². The molecule has 0 bridgehead atoms. The highest BCUT2D eigenvalue weighted by molar-refractivity contribution is 8.00. The molecule has 0 spiro atoms. The van der Waals surface area contributed by atoms with Crippen LogP contribution in [0.25, 0.3) is 0 Å². The Bertz CT molecular complexity index is 1000. The molecule has 3 rings (SSSR count). The molecule has 9 nitrogen and oxygen atoms in total. The van der Waals surface area contributed by atoms with Crippen LogP contribution in [-0.2, 0) is 15.7 Å². The fourth-order valence-corrected chi connectivity index (χ4v) is 4.19. The van der Waals surface area contributed by atoms with Gasteiger partial charge in [0.05, 0.1) is 36.3 Å². The highest BCUT2D eigenvalue weighted by Gasteiger charge is 2.32. The molecule has 0 aromatic carbocycles. The Morgan fingerprint density at radius 2 is 1.91 bits per heavy atom. The molecule has 1 aliphatic rings. The van der Waals surface area contributed by atoms with E-state index in [-0.39, 0.29) is 35.2 Å². The Morgan fingerprint density at radius 3 is 2.55 bits per heavy atom. The maximum atomic E-state index is 12.6. The Balaban J connectivity index is 1.36. The van der Waals surface area contributed by atoms with E-state index < -0.39 is 17.3 Å². The highest BCUT2D eigenvalue weighted by Crippen LogP contribution is 2.29. The van der Waals surface area contributed by atoms with Crippen molar-refractivity contribution in [3.8, 4) is 0 Å². The maximum Gasteiger partial charge on any atom is 0.419 e. The number of alkyl halides is 3. The first-order valence-corrected chi connectivity index (χ1v) is 11.3. The molecule has 0 unspecified atom stereocenters. The van der Waals surface area contributed by atoms with Gasteiger partial charge in [0.2, 0.25) is 11.9 Å². The number of carbonyl (C=O) groups excluding carboxylic acids is 1. The van der Waals surface area contributed by atoms with Gasteiger partial charge < -0.3 is 14.5 Å². The van der Waals surface area contributed by atoms with Gasteiger partial charge in [-0.1, -0.05) is 18.5 Å². The number of amides is 1. The molecule has 1 N–H and O–H groups in total. The summed E-state index contributed by atoms with van der Waals surface area (Å²) < 4.78 is 43.5. The fourth-order valence-electron chi connectivity index (χ4n) is 3.05. The second kappa shape index (κ2) is 11.2. The smallest absolute Gasteiger partial charge is 0.380 e. The first kappa shape index (κ1) is 25.2. The van der Waals surface area contributed by atoms with Gasteiger partial charge in [0.1, 0.15) is 5.02 Å². The molecule has 180 valence electrons. The number of halogens is 4. The van der Waals surface area contributed by atoms with E-state index in [1.807, 2.05) is 6.92 Å². The van der Waals surface area contributed by atoms with Crippen LogP contribution >= 0.6 is 23.4 Å². The maximum absolute atomic E-state index is 12.6. The highest BCUT2D eigenvalue weighted by atomic mass is 35.5. The normalized spacial score (nSPS) is 15.5. The van der Waals surface area contributed by atoms with Gasteiger partial charge in [0.15, 0.2) is 0 Å². The number of aromatic amines is 1. The van der Waals surface area contributed by atoms with Gasteiger partial charge >= 0.3 is 6.18 Å². The molecule has 33 heavy (non-hydrogen) atoms. The lowest BCUT2D eigenvalue weighted by atomic mass is 10.3. The second-order valence-electron chi connectivity index (χ2n) is 7.27. The average molecular weight is 507 g/mol. The van der Waals surface area contributed by atoms with E-state index in [2.05, 4.69) is 20.2 Å². The third-order valence-electron chi connectivity index (χ3n) is 4.79. The molecule has 0 radical (unpaired) electrons. The van der Waals surface area contributed by atoms with Crippen molar-refractivity contribution >= 4 is 35.2 Å². The number of H-pyrrole nitrogens is 1. The molecule has 14 heteroatoms. The quantitative estimate of drug-likeness (QED) is 0.430. The van der Waals surface area contributed by atoms with E-state index >= 15 is 0 Å². The third-order valence-corrected chi connectivity index (χ3v) is 6.37. The number of thioether (sulfide) groups is 1. The fraction of sp³-hybridized carbons (Fsp3) is 0.526. The monoisotopic (exact) mass is 506 g/mol. The van der Waals surface area contributed by atoms with Gasteiger partial charge in [-0.25, -0.2) is 15.1 Å². The zero-order valence-electron chi connectivity index (χ0n) is 17.6. The predicted octanol–water partition coefficient (Wildman–Crippen LogP) is 2.47. The number of carbonyl (C=O) groups is 1. The van der Waals surface area contributed by atoms with Crippen molar-refractivity contribution in [1.29, 1.82) is 0 Å². The lowest BCUT2D eigenvalue weighted by Gasteiger charge is -2.34. The number of ether oxygens (including phenoxy) is 1. The molecular weight excluding hydrogens is 485 g/mol. The summed E-state index contributed by atoms with van der Waals surface area (Å²) in [4.78, 5) is 35.5. The summed E-state index contributed by atoms with van der Waals surface area (Å²) in [6.45, 7) is 4.21. The van der Waals surface area contributed by atoms with Crippen LogP contribution < -0.4 is 10.5 Å². The van der Waals surface area contributed by atoms with Crippen molar-refractivity contribution in [2.45, 2.75) is 29.7 Å². The van der Waals surface area contributed by atoms with Crippen LogP contribution in [0.2, 0.25) is 5.02 Å². The largest absolute Gasteiger partial charge is 0.419 e. The van der Waals surface area contributed by atoms with Gasteiger partial charge in [-0.15, -0.1) is 11.8 Å². The van der Waals surface area contributed by atoms with Crippen molar-refractivity contribution < 1.29 is 22.7 Å². The molecule has 2 aromatic heterocycles. The number of nitrogens with one attached hydrogen (secondary N) is 1. The van der Waals surface area contributed by atoms with Crippen LogP contribution in [-0.4, -0.2) is 75.6 Å². The summed E-state index contributed by atoms with van der Waals surface area (Å²) in [5.41, 5.74) is -1.35. The van der Waals surface area contributed by atoms with Gasteiger partial charge in [-0.3, -0.25) is 9.59 Å². The first-order chi connectivity index (χ1) is 15.6. The molecule has 1 fully saturated rings. The van der Waals surface area contributed by atoms with E-state index in [0.29, 0.717) is 37.7 Å². The lowest BCUT2D eigenvalue weighted by Crippen LogP contribution is -2.49. The lowest BCUT2D eigenvalue weighted by molar-refractivity contribution is -0.138. The van der Waals surface area contributed by atoms with Crippen molar-refractivity contribution in [2.24, 2.45) is 0 Å². The number of hydrogen-bond acceptors (Lipinski definition) is 8. The number of hydrogen-bond donors (Lipinski definition) is 1. The molecular formula is C19H22ClF3N6O3S. The standard InChI is InChI=1S/C19H22ClF3N6O3S/c1-12(33-14-10-26-27-17(31)16(14)20)11-32-7-2-15(30)28-3-5-29(6-4-28)18-24-8-13(9-25-18)19(21,22)23/h8-10,12H,2-7,11H2,1H3,(H,27,31)/t12-/m0/s1. The minimum Gasteiger partial charge on any atom is -0.380 e. The van der Waals surface area contributed by atoms with Gasteiger partial charge in [0.25, 0.3) is 5.56 Å². The summed E-state index contributed by atoms with van der Waals surface area (Å²) in [7, 11) is 0.